The molecule has 0 aliphatic heterocycles. The van der Waals surface area contributed by atoms with Gasteiger partial charge in [-0.25, -0.2) is 13.9 Å². The van der Waals surface area contributed by atoms with E-state index in [1.807, 2.05) is 0 Å². The second kappa shape index (κ2) is 5.94. The summed E-state index contributed by atoms with van der Waals surface area (Å²) in [4.78, 5) is 4.40. The highest BCUT2D eigenvalue weighted by Crippen LogP contribution is 2.31. The number of aromatic nitrogens is 3. The summed E-state index contributed by atoms with van der Waals surface area (Å²) >= 11 is 0. The van der Waals surface area contributed by atoms with E-state index in [4.69, 9.17) is 0 Å². The SMILES string of the molecule is Fc1ccc(-c2cn3nc(-c4cccc(C(F)(F)F)c4)ccc3n2)cc1. The fourth-order valence-electron chi connectivity index (χ4n) is 2.65. The summed E-state index contributed by atoms with van der Waals surface area (Å²) in [5.74, 6) is -0.345. The molecule has 0 unspecified atom stereocenters. The van der Waals surface area contributed by atoms with E-state index in [0.29, 0.717) is 22.6 Å². The Morgan fingerprint density at radius 3 is 2.31 bits per heavy atom. The predicted octanol–water partition coefficient (Wildman–Crippen LogP) is 5.22. The minimum Gasteiger partial charge on any atom is -0.227 e. The first kappa shape index (κ1) is 16.3. The molecule has 2 aromatic carbocycles. The van der Waals surface area contributed by atoms with Crippen LogP contribution in [0.15, 0.2) is 66.9 Å². The quantitative estimate of drug-likeness (QED) is 0.460. The Labute approximate surface area is 145 Å². The van der Waals surface area contributed by atoms with Gasteiger partial charge in [-0.1, -0.05) is 12.1 Å². The zero-order valence-corrected chi connectivity index (χ0v) is 13.2. The number of imidazole rings is 1. The average Bonchev–Trinajstić information content (AvgIpc) is 3.05. The van der Waals surface area contributed by atoms with E-state index in [9.17, 15) is 17.6 Å². The van der Waals surface area contributed by atoms with E-state index >= 15 is 0 Å². The lowest BCUT2D eigenvalue weighted by Crippen LogP contribution is -2.04. The average molecular weight is 357 g/mol. The maximum atomic E-state index is 13.0. The first-order chi connectivity index (χ1) is 12.4. The smallest absolute Gasteiger partial charge is 0.227 e. The minimum atomic E-state index is -4.41. The molecule has 0 saturated heterocycles. The number of hydrogen-bond donors (Lipinski definition) is 0. The molecule has 2 aromatic heterocycles. The lowest BCUT2D eigenvalue weighted by molar-refractivity contribution is -0.137. The van der Waals surface area contributed by atoms with Gasteiger partial charge in [-0.3, -0.25) is 0 Å². The maximum Gasteiger partial charge on any atom is 0.416 e. The van der Waals surface area contributed by atoms with Gasteiger partial charge in [-0.05, 0) is 48.5 Å². The Kier molecular flexibility index (Phi) is 3.72. The third-order valence-electron chi connectivity index (χ3n) is 3.95. The molecular formula is C19H11F4N3. The van der Waals surface area contributed by atoms with Gasteiger partial charge in [0.25, 0.3) is 0 Å². The number of rotatable bonds is 2. The number of fused-ring (bicyclic) bond motifs is 1. The van der Waals surface area contributed by atoms with Gasteiger partial charge in [0.15, 0.2) is 5.65 Å². The summed E-state index contributed by atoms with van der Waals surface area (Å²) in [6.45, 7) is 0. The minimum absolute atomic E-state index is 0.345. The van der Waals surface area contributed by atoms with Gasteiger partial charge in [0.1, 0.15) is 5.82 Å². The number of alkyl halides is 3. The van der Waals surface area contributed by atoms with Crippen LogP contribution in [-0.4, -0.2) is 14.6 Å². The molecule has 0 aliphatic rings. The van der Waals surface area contributed by atoms with Gasteiger partial charge in [-0.15, -0.1) is 0 Å². The van der Waals surface area contributed by atoms with Crippen molar-refractivity contribution in [2.75, 3.05) is 0 Å². The Morgan fingerprint density at radius 2 is 1.58 bits per heavy atom. The second-order valence-corrected chi connectivity index (χ2v) is 5.73. The lowest BCUT2D eigenvalue weighted by atomic mass is 10.1. The Morgan fingerprint density at radius 1 is 0.808 bits per heavy atom. The summed E-state index contributed by atoms with van der Waals surface area (Å²) in [7, 11) is 0. The summed E-state index contributed by atoms with van der Waals surface area (Å²) in [5.41, 5.74) is 1.89. The van der Waals surface area contributed by atoms with Crippen molar-refractivity contribution < 1.29 is 17.6 Å². The monoisotopic (exact) mass is 357 g/mol. The molecule has 26 heavy (non-hydrogen) atoms. The molecule has 2 heterocycles. The summed E-state index contributed by atoms with van der Waals surface area (Å²) < 4.78 is 53.2. The van der Waals surface area contributed by atoms with Crippen molar-refractivity contribution in [2.24, 2.45) is 0 Å². The molecule has 0 fully saturated rings. The molecule has 4 aromatic rings. The topological polar surface area (TPSA) is 30.2 Å². The van der Waals surface area contributed by atoms with E-state index < -0.39 is 11.7 Å². The zero-order chi connectivity index (χ0) is 18.3. The van der Waals surface area contributed by atoms with Crippen LogP contribution < -0.4 is 0 Å². The standard InChI is InChI=1S/C19H11F4N3/c20-15-6-4-12(5-7-15)17-11-26-18(24-17)9-8-16(25-26)13-2-1-3-14(10-13)19(21,22)23/h1-11H. The molecule has 0 aliphatic carbocycles. The van der Waals surface area contributed by atoms with Gasteiger partial charge in [0, 0.05) is 11.1 Å². The van der Waals surface area contributed by atoms with Gasteiger partial charge < -0.3 is 0 Å². The van der Waals surface area contributed by atoms with Gasteiger partial charge in [0.05, 0.1) is 23.1 Å². The van der Waals surface area contributed by atoms with Crippen LogP contribution in [-0.2, 0) is 6.18 Å². The number of nitrogens with zero attached hydrogens (tertiary/aromatic N) is 3. The highest BCUT2D eigenvalue weighted by Gasteiger charge is 2.30. The molecular weight excluding hydrogens is 346 g/mol. The summed E-state index contributed by atoms with van der Waals surface area (Å²) in [6.07, 6.45) is -2.76. The molecule has 0 atom stereocenters. The zero-order valence-electron chi connectivity index (χ0n) is 13.2. The van der Waals surface area contributed by atoms with Crippen molar-refractivity contribution in [3.63, 3.8) is 0 Å². The lowest BCUT2D eigenvalue weighted by Gasteiger charge is -2.08. The number of hydrogen-bond acceptors (Lipinski definition) is 2. The molecule has 0 N–H and O–H groups in total. The van der Waals surface area contributed by atoms with Crippen LogP contribution >= 0.6 is 0 Å². The summed E-state index contributed by atoms with van der Waals surface area (Å²) in [5, 5.41) is 4.35. The number of halogens is 4. The van der Waals surface area contributed by atoms with E-state index in [2.05, 4.69) is 10.1 Å². The van der Waals surface area contributed by atoms with Crippen molar-refractivity contribution >= 4 is 5.65 Å². The molecule has 4 rings (SSSR count). The largest absolute Gasteiger partial charge is 0.416 e. The van der Waals surface area contributed by atoms with E-state index in [-0.39, 0.29) is 5.82 Å². The van der Waals surface area contributed by atoms with Crippen LogP contribution in [0.2, 0.25) is 0 Å². The first-order valence-corrected chi connectivity index (χ1v) is 7.70. The molecule has 0 radical (unpaired) electrons. The second-order valence-electron chi connectivity index (χ2n) is 5.73. The van der Waals surface area contributed by atoms with E-state index in [1.165, 1.54) is 22.7 Å². The van der Waals surface area contributed by atoms with Crippen LogP contribution in [0.5, 0.6) is 0 Å². The van der Waals surface area contributed by atoms with Crippen LogP contribution in [0, 0.1) is 5.82 Å². The van der Waals surface area contributed by atoms with Crippen molar-refractivity contribution in [3.8, 4) is 22.5 Å². The molecule has 0 saturated carbocycles. The Hall–Kier alpha value is -3.22. The highest BCUT2D eigenvalue weighted by molar-refractivity contribution is 5.65. The normalized spacial score (nSPS) is 11.8. The van der Waals surface area contributed by atoms with Gasteiger partial charge >= 0.3 is 6.18 Å². The van der Waals surface area contributed by atoms with Gasteiger partial charge in [-0.2, -0.15) is 18.3 Å². The van der Waals surface area contributed by atoms with Crippen LogP contribution in [0.4, 0.5) is 17.6 Å². The van der Waals surface area contributed by atoms with E-state index in [0.717, 1.165) is 17.7 Å². The molecule has 0 spiro atoms. The number of benzene rings is 2. The predicted molar refractivity (Wildman–Crippen MR) is 88.8 cm³/mol. The maximum absolute atomic E-state index is 13.0. The van der Waals surface area contributed by atoms with Crippen molar-refractivity contribution in [2.45, 2.75) is 6.18 Å². The fraction of sp³-hybridized carbons (Fsp3) is 0.0526. The third-order valence-corrected chi connectivity index (χ3v) is 3.95. The molecule has 3 nitrogen and oxygen atoms in total. The highest BCUT2D eigenvalue weighted by atomic mass is 19.4. The van der Waals surface area contributed by atoms with E-state index in [1.54, 1.807) is 36.5 Å². The molecule has 0 amide bonds. The Balaban J connectivity index is 1.75. The van der Waals surface area contributed by atoms with Crippen LogP contribution in [0.3, 0.4) is 0 Å². The molecule has 130 valence electrons. The molecule has 0 bridgehead atoms. The third kappa shape index (κ3) is 3.03. The van der Waals surface area contributed by atoms with Crippen LogP contribution in [0.25, 0.3) is 28.2 Å². The van der Waals surface area contributed by atoms with Crippen molar-refractivity contribution in [3.05, 3.63) is 78.2 Å². The first-order valence-electron chi connectivity index (χ1n) is 7.70. The van der Waals surface area contributed by atoms with Crippen molar-refractivity contribution in [1.29, 1.82) is 0 Å². The fourth-order valence-corrected chi connectivity index (χ4v) is 2.65. The van der Waals surface area contributed by atoms with Gasteiger partial charge in [0.2, 0.25) is 0 Å². The summed E-state index contributed by atoms with van der Waals surface area (Å²) in [6, 6.07) is 14.2. The molecule has 7 heteroatoms. The Bertz CT molecular complexity index is 1080. The van der Waals surface area contributed by atoms with Crippen LogP contribution in [0.1, 0.15) is 5.56 Å². The van der Waals surface area contributed by atoms with Crippen molar-refractivity contribution in [1.82, 2.24) is 14.6 Å².